The Morgan fingerprint density at radius 1 is 1.17 bits per heavy atom. The molecule has 1 saturated carbocycles. The molecule has 0 bridgehead atoms. The lowest BCUT2D eigenvalue weighted by atomic mass is 9.84. The summed E-state index contributed by atoms with van der Waals surface area (Å²) < 4.78 is 0. The number of hydrogen-bond donors (Lipinski definition) is 1. The van der Waals surface area contributed by atoms with Crippen LogP contribution >= 0.6 is 0 Å². The lowest BCUT2D eigenvalue weighted by Crippen LogP contribution is -2.58. The van der Waals surface area contributed by atoms with Crippen LogP contribution in [0.5, 0.6) is 0 Å². The third kappa shape index (κ3) is 2.89. The molecule has 1 aliphatic carbocycles. The average Bonchev–Trinajstić information content (AvgIpc) is 3.17. The van der Waals surface area contributed by atoms with Crippen LogP contribution in [-0.4, -0.2) is 55.6 Å². The van der Waals surface area contributed by atoms with Crippen LogP contribution in [-0.2, 0) is 0 Å². The Bertz CT molecular complexity index is 248. The Morgan fingerprint density at radius 2 is 1.78 bits per heavy atom. The minimum absolute atomic E-state index is 0.336. The molecule has 3 heteroatoms. The Morgan fingerprint density at radius 3 is 2.17 bits per heavy atom. The van der Waals surface area contributed by atoms with Gasteiger partial charge in [0.25, 0.3) is 0 Å². The van der Waals surface area contributed by atoms with Crippen molar-refractivity contribution >= 4 is 0 Å². The van der Waals surface area contributed by atoms with E-state index in [0.717, 1.165) is 18.4 Å². The van der Waals surface area contributed by atoms with Crippen LogP contribution < -0.4 is 5.73 Å². The highest BCUT2D eigenvalue weighted by atomic mass is 15.2. The zero-order chi connectivity index (χ0) is 13.2. The van der Waals surface area contributed by atoms with Gasteiger partial charge in [-0.1, -0.05) is 6.92 Å². The second kappa shape index (κ2) is 5.89. The number of hydrogen-bond acceptors (Lipinski definition) is 3. The minimum Gasteiger partial charge on any atom is -0.329 e. The molecule has 0 aromatic carbocycles. The number of likely N-dealkylation sites (tertiary alicyclic amines) is 1. The van der Waals surface area contributed by atoms with E-state index in [-0.39, 0.29) is 0 Å². The van der Waals surface area contributed by atoms with E-state index in [1.165, 1.54) is 51.7 Å². The van der Waals surface area contributed by atoms with Gasteiger partial charge in [-0.25, -0.2) is 0 Å². The molecule has 1 saturated heterocycles. The summed E-state index contributed by atoms with van der Waals surface area (Å²) in [6.07, 6.45) is 6.75. The van der Waals surface area contributed by atoms with Gasteiger partial charge in [-0.2, -0.15) is 0 Å². The van der Waals surface area contributed by atoms with Crippen LogP contribution in [0.3, 0.4) is 0 Å². The molecule has 0 radical (unpaired) electrons. The summed E-state index contributed by atoms with van der Waals surface area (Å²) in [4.78, 5) is 5.06. The first-order chi connectivity index (χ1) is 8.62. The Hall–Kier alpha value is -0.120. The van der Waals surface area contributed by atoms with Crippen molar-refractivity contribution in [3.8, 4) is 0 Å². The Kier molecular flexibility index (Phi) is 4.68. The molecular formula is C15H31N3. The first-order valence-corrected chi connectivity index (χ1v) is 7.72. The summed E-state index contributed by atoms with van der Waals surface area (Å²) in [6.45, 7) is 6.96. The highest BCUT2D eigenvalue weighted by Crippen LogP contribution is 2.45. The first kappa shape index (κ1) is 14.3. The van der Waals surface area contributed by atoms with Crippen LogP contribution in [0.4, 0.5) is 0 Å². The SMILES string of the molecule is CCC(CN)(C1CC1)N1CCC(CN(C)C)CC1. The van der Waals surface area contributed by atoms with Crippen molar-refractivity contribution in [3.63, 3.8) is 0 Å². The van der Waals surface area contributed by atoms with Gasteiger partial charge in [0.1, 0.15) is 0 Å². The van der Waals surface area contributed by atoms with Crippen molar-refractivity contribution in [2.45, 2.75) is 44.6 Å². The summed E-state index contributed by atoms with van der Waals surface area (Å²) in [7, 11) is 4.37. The van der Waals surface area contributed by atoms with Crippen molar-refractivity contribution in [3.05, 3.63) is 0 Å². The topological polar surface area (TPSA) is 32.5 Å². The van der Waals surface area contributed by atoms with Crippen molar-refractivity contribution in [1.82, 2.24) is 9.80 Å². The molecule has 0 spiro atoms. The van der Waals surface area contributed by atoms with Gasteiger partial charge in [-0.05, 0) is 71.1 Å². The van der Waals surface area contributed by atoms with Crippen molar-refractivity contribution in [2.24, 2.45) is 17.6 Å². The van der Waals surface area contributed by atoms with E-state index in [2.05, 4.69) is 30.8 Å². The smallest absolute Gasteiger partial charge is 0.0357 e. The monoisotopic (exact) mass is 253 g/mol. The lowest BCUT2D eigenvalue weighted by Gasteiger charge is -2.47. The maximum absolute atomic E-state index is 6.16. The number of piperidine rings is 1. The summed E-state index contributed by atoms with van der Waals surface area (Å²) in [5.74, 6) is 1.78. The van der Waals surface area contributed by atoms with E-state index >= 15 is 0 Å². The van der Waals surface area contributed by atoms with Crippen molar-refractivity contribution in [2.75, 3.05) is 40.3 Å². The second-order valence-corrected chi connectivity index (χ2v) is 6.63. The van der Waals surface area contributed by atoms with Gasteiger partial charge < -0.3 is 10.6 Å². The van der Waals surface area contributed by atoms with Gasteiger partial charge in [0.15, 0.2) is 0 Å². The molecule has 0 aromatic rings. The molecular weight excluding hydrogens is 222 g/mol. The molecule has 2 fully saturated rings. The fraction of sp³-hybridized carbons (Fsp3) is 1.00. The van der Waals surface area contributed by atoms with E-state index in [0.29, 0.717) is 5.54 Å². The van der Waals surface area contributed by atoms with Crippen LogP contribution in [0.1, 0.15) is 39.0 Å². The third-order valence-corrected chi connectivity index (χ3v) is 5.17. The minimum atomic E-state index is 0.336. The molecule has 1 atom stereocenters. The molecule has 2 aliphatic rings. The summed E-state index contributed by atoms with van der Waals surface area (Å²) >= 11 is 0. The highest BCUT2D eigenvalue weighted by Gasteiger charge is 2.47. The third-order valence-electron chi connectivity index (χ3n) is 5.17. The predicted molar refractivity (Wildman–Crippen MR) is 77.7 cm³/mol. The van der Waals surface area contributed by atoms with E-state index < -0.39 is 0 Å². The zero-order valence-corrected chi connectivity index (χ0v) is 12.5. The van der Waals surface area contributed by atoms with Gasteiger partial charge in [0.2, 0.25) is 0 Å². The molecule has 2 N–H and O–H groups in total. The number of nitrogens with zero attached hydrogens (tertiary/aromatic N) is 2. The van der Waals surface area contributed by atoms with Gasteiger partial charge >= 0.3 is 0 Å². The number of rotatable bonds is 6. The first-order valence-electron chi connectivity index (χ1n) is 7.72. The van der Waals surface area contributed by atoms with Crippen LogP contribution in [0.15, 0.2) is 0 Å². The van der Waals surface area contributed by atoms with E-state index in [1.54, 1.807) is 0 Å². The fourth-order valence-corrected chi connectivity index (χ4v) is 3.91. The average molecular weight is 253 g/mol. The van der Waals surface area contributed by atoms with Gasteiger partial charge in [-0.3, -0.25) is 4.90 Å². The predicted octanol–water partition coefficient (Wildman–Crippen LogP) is 1.78. The second-order valence-electron chi connectivity index (χ2n) is 6.63. The van der Waals surface area contributed by atoms with E-state index in [9.17, 15) is 0 Å². The molecule has 0 amide bonds. The molecule has 1 heterocycles. The maximum atomic E-state index is 6.16. The normalized spacial score (nSPS) is 26.5. The molecule has 1 aliphatic heterocycles. The Labute approximate surface area is 113 Å². The molecule has 3 nitrogen and oxygen atoms in total. The molecule has 0 aromatic heterocycles. The Balaban J connectivity index is 1.91. The maximum Gasteiger partial charge on any atom is 0.0357 e. The van der Waals surface area contributed by atoms with Gasteiger partial charge in [0, 0.05) is 18.6 Å². The summed E-state index contributed by atoms with van der Waals surface area (Å²) in [6, 6.07) is 0. The summed E-state index contributed by atoms with van der Waals surface area (Å²) in [5, 5.41) is 0. The van der Waals surface area contributed by atoms with Crippen LogP contribution in [0.25, 0.3) is 0 Å². The van der Waals surface area contributed by atoms with Gasteiger partial charge in [-0.15, -0.1) is 0 Å². The molecule has 1 unspecified atom stereocenters. The molecule has 18 heavy (non-hydrogen) atoms. The number of nitrogens with two attached hydrogens (primary N) is 1. The van der Waals surface area contributed by atoms with Crippen molar-refractivity contribution in [1.29, 1.82) is 0 Å². The van der Waals surface area contributed by atoms with Gasteiger partial charge in [0.05, 0.1) is 0 Å². The van der Waals surface area contributed by atoms with E-state index in [4.69, 9.17) is 5.73 Å². The van der Waals surface area contributed by atoms with Crippen LogP contribution in [0, 0.1) is 11.8 Å². The summed E-state index contributed by atoms with van der Waals surface area (Å²) in [5.41, 5.74) is 6.49. The standard InChI is InChI=1S/C15H31N3/c1-4-15(12-16,14-5-6-14)18-9-7-13(8-10-18)11-17(2)3/h13-14H,4-12,16H2,1-3H3. The van der Waals surface area contributed by atoms with Crippen LogP contribution in [0.2, 0.25) is 0 Å². The lowest BCUT2D eigenvalue weighted by molar-refractivity contribution is 0.0308. The zero-order valence-electron chi connectivity index (χ0n) is 12.5. The highest BCUT2D eigenvalue weighted by molar-refractivity contribution is 5.03. The fourth-order valence-electron chi connectivity index (χ4n) is 3.91. The molecule has 2 rings (SSSR count). The molecule has 106 valence electrons. The van der Waals surface area contributed by atoms with Crippen molar-refractivity contribution < 1.29 is 0 Å². The van der Waals surface area contributed by atoms with E-state index in [1.807, 2.05) is 0 Å². The largest absolute Gasteiger partial charge is 0.329 e. The quantitative estimate of drug-likeness (QED) is 0.783.